The zero-order valence-corrected chi connectivity index (χ0v) is 18.4. The van der Waals surface area contributed by atoms with E-state index in [0.717, 1.165) is 26.5 Å². The molecule has 0 aliphatic heterocycles. The first-order valence-electron chi connectivity index (χ1n) is 9.52. The van der Waals surface area contributed by atoms with Crippen LogP contribution in [0.5, 0.6) is 0 Å². The number of halogens is 2. The second kappa shape index (κ2) is 8.16. The van der Waals surface area contributed by atoms with E-state index in [0.29, 0.717) is 35.1 Å². The number of anilines is 2. The topological polar surface area (TPSA) is 59.8 Å². The second-order valence-corrected chi connectivity index (χ2v) is 8.82. The van der Waals surface area contributed by atoms with Gasteiger partial charge in [0.2, 0.25) is 5.95 Å². The number of benzene rings is 2. The average Bonchev–Trinajstić information content (AvgIpc) is 3.02. The van der Waals surface area contributed by atoms with E-state index in [2.05, 4.69) is 15.3 Å². The van der Waals surface area contributed by atoms with Crippen molar-refractivity contribution >= 4 is 44.8 Å². The molecular weight excluding hydrogens is 423 g/mol. The molecule has 0 aliphatic rings. The fourth-order valence-electron chi connectivity index (χ4n) is 3.35. The Morgan fingerprint density at radius 1 is 1.17 bits per heavy atom. The molecule has 30 heavy (non-hydrogen) atoms. The van der Waals surface area contributed by atoms with Gasteiger partial charge in [-0.05, 0) is 61.7 Å². The third-order valence-electron chi connectivity index (χ3n) is 4.81. The molecule has 0 fully saturated rings. The number of nitrogens with zero attached hydrogens (tertiary/aromatic N) is 3. The zero-order valence-electron chi connectivity index (χ0n) is 16.8. The minimum atomic E-state index is -0.404. The van der Waals surface area contributed by atoms with Crippen molar-refractivity contribution in [1.29, 1.82) is 0 Å². The summed E-state index contributed by atoms with van der Waals surface area (Å²) in [5, 5.41) is 4.61. The SMILES string of the molecule is CCc1cn(Cc2cc(F)cc(Cl)c2)c(Nc2cc3sc(C)nc3cc2C)nc1=O. The van der Waals surface area contributed by atoms with Crippen LogP contribution in [0, 0.1) is 19.7 Å². The Morgan fingerprint density at radius 3 is 2.70 bits per heavy atom. The van der Waals surface area contributed by atoms with Crippen LogP contribution in [-0.2, 0) is 13.0 Å². The van der Waals surface area contributed by atoms with Gasteiger partial charge in [-0.25, -0.2) is 9.37 Å². The number of aryl methyl sites for hydroxylation is 3. The summed E-state index contributed by atoms with van der Waals surface area (Å²) in [6.45, 7) is 6.17. The highest BCUT2D eigenvalue weighted by Crippen LogP contribution is 2.29. The van der Waals surface area contributed by atoms with E-state index < -0.39 is 5.82 Å². The van der Waals surface area contributed by atoms with Crippen LogP contribution in [0.25, 0.3) is 10.2 Å². The molecule has 4 rings (SSSR count). The first kappa shape index (κ1) is 20.5. The number of hydrogen-bond acceptors (Lipinski definition) is 5. The molecule has 2 aromatic carbocycles. The van der Waals surface area contributed by atoms with Crippen LogP contribution in [0.15, 0.2) is 41.3 Å². The van der Waals surface area contributed by atoms with Crippen LogP contribution >= 0.6 is 22.9 Å². The summed E-state index contributed by atoms with van der Waals surface area (Å²) >= 11 is 7.62. The normalized spacial score (nSPS) is 11.2. The Balaban J connectivity index is 1.78. The highest BCUT2D eigenvalue weighted by molar-refractivity contribution is 7.18. The third kappa shape index (κ3) is 4.22. The van der Waals surface area contributed by atoms with Crippen molar-refractivity contribution in [2.45, 2.75) is 33.7 Å². The first-order valence-corrected chi connectivity index (χ1v) is 10.7. The van der Waals surface area contributed by atoms with Gasteiger partial charge < -0.3 is 9.88 Å². The van der Waals surface area contributed by atoms with Crippen molar-refractivity contribution in [2.24, 2.45) is 0 Å². The number of rotatable bonds is 5. The number of thiazole rings is 1. The first-order chi connectivity index (χ1) is 14.3. The highest BCUT2D eigenvalue weighted by Gasteiger charge is 2.12. The van der Waals surface area contributed by atoms with E-state index in [1.54, 1.807) is 23.6 Å². The van der Waals surface area contributed by atoms with Gasteiger partial charge in [-0.15, -0.1) is 11.3 Å². The lowest BCUT2D eigenvalue weighted by atomic mass is 10.2. The minimum absolute atomic E-state index is 0.277. The second-order valence-electron chi connectivity index (χ2n) is 7.15. The standard InChI is InChI=1S/C22H20ClFN4OS/c1-4-15-11-28(10-14-6-16(23)8-17(24)7-14)22(27-21(15)29)26-18-9-20-19(5-12(18)2)25-13(3)30-20/h5-9,11H,4,10H2,1-3H3,(H,26,27,29). The Morgan fingerprint density at radius 2 is 1.97 bits per heavy atom. The lowest BCUT2D eigenvalue weighted by Crippen LogP contribution is -2.20. The predicted octanol–water partition coefficient (Wildman–Crippen LogP) is 5.62. The minimum Gasteiger partial charge on any atom is -0.325 e. The molecular formula is C22H20ClFN4OS. The quantitative estimate of drug-likeness (QED) is 0.436. The fourth-order valence-corrected chi connectivity index (χ4v) is 4.44. The third-order valence-corrected chi connectivity index (χ3v) is 5.96. The van der Waals surface area contributed by atoms with Crippen molar-refractivity contribution in [2.75, 3.05) is 5.32 Å². The van der Waals surface area contributed by atoms with Gasteiger partial charge >= 0.3 is 0 Å². The van der Waals surface area contributed by atoms with E-state index >= 15 is 0 Å². The molecule has 2 aromatic heterocycles. The maximum Gasteiger partial charge on any atom is 0.277 e. The lowest BCUT2D eigenvalue weighted by Gasteiger charge is -2.17. The summed E-state index contributed by atoms with van der Waals surface area (Å²) in [6, 6.07) is 8.42. The summed E-state index contributed by atoms with van der Waals surface area (Å²) in [4.78, 5) is 21.2. The molecule has 0 saturated carbocycles. The maximum absolute atomic E-state index is 13.8. The van der Waals surface area contributed by atoms with Gasteiger partial charge in [-0.1, -0.05) is 18.5 Å². The lowest BCUT2D eigenvalue weighted by molar-refractivity contribution is 0.623. The average molecular weight is 443 g/mol. The van der Waals surface area contributed by atoms with Gasteiger partial charge in [-0.2, -0.15) is 4.98 Å². The summed E-state index contributed by atoms with van der Waals surface area (Å²) < 4.78 is 16.7. The maximum atomic E-state index is 13.8. The van der Waals surface area contributed by atoms with Gasteiger partial charge in [0.15, 0.2) is 0 Å². The van der Waals surface area contributed by atoms with Crippen LogP contribution in [0.3, 0.4) is 0 Å². The summed E-state index contributed by atoms with van der Waals surface area (Å²) in [6.07, 6.45) is 2.32. The number of nitrogens with one attached hydrogen (secondary N) is 1. The van der Waals surface area contributed by atoms with Gasteiger partial charge in [0.25, 0.3) is 5.56 Å². The predicted molar refractivity (Wildman–Crippen MR) is 121 cm³/mol. The van der Waals surface area contributed by atoms with Gasteiger partial charge in [0.1, 0.15) is 5.82 Å². The Hall–Kier alpha value is -2.77. The van der Waals surface area contributed by atoms with E-state index in [1.165, 1.54) is 12.1 Å². The molecule has 154 valence electrons. The Kier molecular flexibility index (Phi) is 5.58. The zero-order chi connectivity index (χ0) is 21.4. The van der Waals surface area contributed by atoms with E-state index in [1.807, 2.05) is 37.5 Å². The summed E-state index contributed by atoms with van der Waals surface area (Å²) in [5.41, 5.74) is 3.77. The Bertz CT molecular complexity index is 1290. The molecule has 4 aromatic rings. The number of hydrogen-bond donors (Lipinski definition) is 1. The molecule has 0 unspecified atom stereocenters. The number of aromatic nitrogens is 3. The van der Waals surface area contributed by atoms with Gasteiger partial charge in [0, 0.05) is 22.5 Å². The van der Waals surface area contributed by atoms with Crippen molar-refractivity contribution in [3.63, 3.8) is 0 Å². The summed E-state index contributed by atoms with van der Waals surface area (Å²) in [5.74, 6) is -0.0140. The molecule has 0 amide bonds. The monoisotopic (exact) mass is 442 g/mol. The molecule has 2 heterocycles. The molecule has 0 bridgehead atoms. The molecule has 0 radical (unpaired) electrons. The van der Waals surface area contributed by atoms with Gasteiger partial charge in [0.05, 0.1) is 21.8 Å². The van der Waals surface area contributed by atoms with E-state index in [4.69, 9.17) is 11.6 Å². The molecule has 8 heteroatoms. The van der Waals surface area contributed by atoms with Crippen molar-refractivity contribution in [3.05, 3.63) is 79.4 Å². The van der Waals surface area contributed by atoms with Crippen molar-refractivity contribution < 1.29 is 4.39 Å². The largest absolute Gasteiger partial charge is 0.325 e. The summed E-state index contributed by atoms with van der Waals surface area (Å²) in [7, 11) is 0. The van der Waals surface area contributed by atoms with E-state index in [9.17, 15) is 9.18 Å². The van der Waals surface area contributed by atoms with Crippen LogP contribution in [0.2, 0.25) is 5.02 Å². The smallest absolute Gasteiger partial charge is 0.277 e. The molecule has 0 aliphatic carbocycles. The molecule has 0 atom stereocenters. The molecule has 0 saturated heterocycles. The van der Waals surface area contributed by atoms with Crippen LogP contribution in [-0.4, -0.2) is 14.5 Å². The van der Waals surface area contributed by atoms with E-state index in [-0.39, 0.29) is 5.56 Å². The molecule has 5 nitrogen and oxygen atoms in total. The Labute approximate surface area is 182 Å². The van der Waals surface area contributed by atoms with Gasteiger partial charge in [-0.3, -0.25) is 4.79 Å². The highest BCUT2D eigenvalue weighted by atomic mass is 35.5. The van der Waals surface area contributed by atoms with Crippen molar-refractivity contribution in [3.8, 4) is 0 Å². The van der Waals surface area contributed by atoms with Crippen LogP contribution in [0.1, 0.15) is 28.6 Å². The van der Waals surface area contributed by atoms with Crippen molar-refractivity contribution in [1.82, 2.24) is 14.5 Å². The molecule has 0 spiro atoms. The molecule has 1 N–H and O–H groups in total. The number of fused-ring (bicyclic) bond motifs is 1. The fraction of sp³-hybridized carbons (Fsp3) is 0.227. The van der Waals surface area contributed by atoms with Crippen LogP contribution < -0.4 is 10.9 Å². The van der Waals surface area contributed by atoms with Crippen LogP contribution in [0.4, 0.5) is 16.0 Å².